The average molecular weight is 157 g/mol. The maximum Gasteiger partial charge on any atom is 0.188 e. The van der Waals surface area contributed by atoms with Crippen molar-refractivity contribution in [3.63, 3.8) is 0 Å². The summed E-state index contributed by atoms with van der Waals surface area (Å²) in [7, 11) is 0. The van der Waals surface area contributed by atoms with Gasteiger partial charge in [-0.2, -0.15) is 0 Å². The van der Waals surface area contributed by atoms with E-state index in [1.54, 1.807) is 11.8 Å². The van der Waals surface area contributed by atoms with Gasteiger partial charge in [-0.15, -0.1) is 0 Å². The van der Waals surface area contributed by atoms with Gasteiger partial charge in [0.2, 0.25) is 0 Å². The lowest BCUT2D eigenvalue weighted by Gasteiger charge is -2.26. The second-order valence-corrected chi connectivity index (χ2v) is 3.03. The molecule has 0 aromatic rings. The fourth-order valence-electron chi connectivity index (χ4n) is 1.59. The van der Waals surface area contributed by atoms with E-state index >= 15 is 0 Å². The molecule has 2 atom stereocenters. The summed E-state index contributed by atoms with van der Waals surface area (Å²) in [5.74, 6) is 0.0772. The quantitative estimate of drug-likeness (QED) is 0.362. The number of nitrogens with zero attached hydrogens (tertiary/aromatic N) is 1. The summed E-state index contributed by atoms with van der Waals surface area (Å²) < 4.78 is 0. The smallest absolute Gasteiger partial charge is 0.188 e. The minimum Gasteiger partial charge on any atom is -0.391 e. The molecule has 4 nitrogen and oxygen atoms in total. The third-order valence-corrected chi connectivity index (χ3v) is 2.17. The first-order chi connectivity index (χ1) is 5.13. The van der Waals surface area contributed by atoms with Crippen LogP contribution < -0.4 is 5.73 Å². The molecule has 11 heavy (non-hydrogen) atoms. The van der Waals surface area contributed by atoms with Crippen molar-refractivity contribution in [3.8, 4) is 0 Å². The van der Waals surface area contributed by atoms with Gasteiger partial charge in [0, 0.05) is 6.54 Å². The lowest BCUT2D eigenvalue weighted by atomic mass is 10.1. The standard InChI is InChI=1S/C7H15N3O/c1-5(11)6-3-2-4-10(6)7(8)9/h5-6,11H,2-4H2,1H3,(H3,8,9)/t5-,6-/m1/s1. The minimum atomic E-state index is -0.388. The lowest BCUT2D eigenvalue weighted by molar-refractivity contribution is 0.118. The van der Waals surface area contributed by atoms with E-state index in [1.807, 2.05) is 0 Å². The highest BCUT2D eigenvalue weighted by Gasteiger charge is 2.28. The normalized spacial score (nSPS) is 27.1. The van der Waals surface area contributed by atoms with Crippen molar-refractivity contribution < 1.29 is 5.11 Å². The number of guanidine groups is 1. The van der Waals surface area contributed by atoms with Crippen LogP contribution in [0, 0.1) is 5.41 Å². The van der Waals surface area contributed by atoms with Crippen molar-refractivity contribution in [3.05, 3.63) is 0 Å². The monoisotopic (exact) mass is 157 g/mol. The Labute approximate surface area is 66.5 Å². The Bertz CT molecular complexity index is 158. The molecule has 1 rings (SSSR count). The zero-order chi connectivity index (χ0) is 8.43. The molecular formula is C7H15N3O. The zero-order valence-electron chi connectivity index (χ0n) is 6.75. The van der Waals surface area contributed by atoms with Gasteiger partial charge in [-0.05, 0) is 19.8 Å². The van der Waals surface area contributed by atoms with E-state index in [-0.39, 0.29) is 18.1 Å². The Balaban J connectivity index is 2.58. The molecule has 1 heterocycles. The summed E-state index contributed by atoms with van der Waals surface area (Å²) in [5, 5.41) is 16.5. The Morgan fingerprint density at radius 3 is 2.82 bits per heavy atom. The highest BCUT2D eigenvalue weighted by atomic mass is 16.3. The van der Waals surface area contributed by atoms with E-state index in [9.17, 15) is 5.11 Å². The van der Waals surface area contributed by atoms with Crippen LogP contribution in [0.25, 0.3) is 0 Å². The summed E-state index contributed by atoms with van der Waals surface area (Å²) in [6.07, 6.45) is 1.58. The van der Waals surface area contributed by atoms with Gasteiger partial charge in [-0.25, -0.2) is 0 Å². The van der Waals surface area contributed by atoms with Crippen LogP contribution in [-0.4, -0.2) is 34.7 Å². The molecule has 0 radical (unpaired) electrons. The molecule has 4 N–H and O–H groups in total. The van der Waals surface area contributed by atoms with Gasteiger partial charge in [0.25, 0.3) is 0 Å². The molecule has 0 unspecified atom stereocenters. The molecule has 0 amide bonds. The average Bonchev–Trinajstić information content (AvgIpc) is 2.32. The predicted molar refractivity (Wildman–Crippen MR) is 43.3 cm³/mol. The summed E-state index contributed by atoms with van der Waals surface area (Å²) in [5.41, 5.74) is 5.32. The highest BCUT2D eigenvalue weighted by Crippen LogP contribution is 2.18. The topological polar surface area (TPSA) is 73.3 Å². The zero-order valence-corrected chi connectivity index (χ0v) is 6.75. The van der Waals surface area contributed by atoms with Gasteiger partial charge < -0.3 is 15.7 Å². The third kappa shape index (κ3) is 1.63. The van der Waals surface area contributed by atoms with Crippen LogP contribution in [0.3, 0.4) is 0 Å². The number of rotatable bonds is 1. The first kappa shape index (κ1) is 8.33. The molecule has 4 heteroatoms. The molecule has 0 aromatic heterocycles. The molecule has 0 saturated carbocycles. The minimum absolute atomic E-state index is 0.0625. The van der Waals surface area contributed by atoms with Crippen molar-refractivity contribution in [2.75, 3.05) is 6.54 Å². The van der Waals surface area contributed by atoms with E-state index in [0.29, 0.717) is 0 Å². The second-order valence-electron chi connectivity index (χ2n) is 3.03. The summed E-state index contributed by atoms with van der Waals surface area (Å²) in [6.45, 7) is 2.55. The Hall–Kier alpha value is -0.770. The van der Waals surface area contributed by atoms with Gasteiger partial charge in [-0.1, -0.05) is 0 Å². The first-order valence-corrected chi connectivity index (χ1v) is 3.91. The number of likely N-dealkylation sites (tertiary alicyclic amines) is 1. The Morgan fingerprint density at radius 1 is 1.82 bits per heavy atom. The van der Waals surface area contributed by atoms with Crippen LogP contribution in [0.5, 0.6) is 0 Å². The van der Waals surface area contributed by atoms with Crippen LogP contribution in [0.4, 0.5) is 0 Å². The van der Waals surface area contributed by atoms with Gasteiger partial charge in [0.1, 0.15) is 0 Å². The third-order valence-electron chi connectivity index (χ3n) is 2.17. The molecule has 0 aliphatic carbocycles. The highest BCUT2D eigenvalue weighted by molar-refractivity contribution is 5.75. The van der Waals surface area contributed by atoms with Crippen LogP contribution in [0.1, 0.15) is 19.8 Å². The van der Waals surface area contributed by atoms with Crippen LogP contribution in [0.2, 0.25) is 0 Å². The Kier molecular flexibility index (Phi) is 2.34. The SMILES string of the molecule is C[C@@H](O)[C@H]1CCCN1C(=N)N. The molecular weight excluding hydrogens is 142 g/mol. The predicted octanol–water partition coefficient (Wildman–Crippen LogP) is -0.275. The molecule has 0 aromatic carbocycles. The van der Waals surface area contributed by atoms with Crippen LogP contribution in [0.15, 0.2) is 0 Å². The van der Waals surface area contributed by atoms with Crippen molar-refractivity contribution in [2.45, 2.75) is 31.9 Å². The van der Waals surface area contributed by atoms with E-state index in [0.717, 1.165) is 19.4 Å². The summed E-state index contributed by atoms with van der Waals surface area (Å²) >= 11 is 0. The summed E-state index contributed by atoms with van der Waals surface area (Å²) in [6, 6.07) is 0.0625. The largest absolute Gasteiger partial charge is 0.391 e. The van der Waals surface area contributed by atoms with Gasteiger partial charge in [-0.3, -0.25) is 5.41 Å². The van der Waals surface area contributed by atoms with E-state index in [4.69, 9.17) is 11.1 Å². The van der Waals surface area contributed by atoms with Gasteiger partial charge >= 0.3 is 0 Å². The lowest BCUT2D eigenvalue weighted by Crippen LogP contribution is -2.44. The number of hydrogen-bond acceptors (Lipinski definition) is 2. The second kappa shape index (κ2) is 3.09. The number of aliphatic hydroxyl groups is 1. The molecule has 0 bridgehead atoms. The molecule has 64 valence electrons. The van der Waals surface area contributed by atoms with E-state index in [1.165, 1.54) is 0 Å². The summed E-state index contributed by atoms with van der Waals surface area (Å²) in [4.78, 5) is 1.75. The number of nitrogens with two attached hydrogens (primary N) is 1. The van der Waals surface area contributed by atoms with Crippen molar-refractivity contribution in [1.29, 1.82) is 5.41 Å². The van der Waals surface area contributed by atoms with E-state index in [2.05, 4.69) is 0 Å². The van der Waals surface area contributed by atoms with E-state index < -0.39 is 0 Å². The molecule has 0 spiro atoms. The maximum atomic E-state index is 9.28. The molecule has 1 aliphatic heterocycles. The van der Waals surface area contributed by atoms with Gasteiger partial charge in [0.05, 0.1) is 12.1 Å². The van der Waals surface area contributed by atoms with Crippen molar-refractivity contribution in [1.82, 2.24) is 4.90 Å². The first-order valence-electron chi connectivity index (χ1n) is 3.91. The maximum absolute atomic E-state index is 9.28. The fourth-order valence-corrected chi connectivity index (χ4v) is 1.59. The number of nitrogens with one attached hydrogen (secondary N) is 1. The van der Waals surface area contributed by atoms with Crippen molar-refractivity contribution >= 4 is 5.96 Å². The Morgan fingerprint density at radius 2 is 2.45 bits per heavy atom. The number of hydrogen-bond donors (Lipinski definition) is 3. The molecule has 1 aliphatic rings. The fraction of sp³-hybridized carbons (Fsp3) is 0.857. The van der Waals surface area contributed by atoms with Gasteiger partial charge in [0.15, 0.2) is 5.96 Å². The van der Waals surface area contributed by atoms with Crippen LogP contribution >= 0.6 is 0 Å². The van der Waals surface area contributed by atoms with Crippen molar-refractivity contribution in [2.24, 2.45) is 5.73 Å². The molecule has 1 saturated heterocycles. The van der Waals surface area contributed by atoms with Crippen LogP contribution in [-0.2, 0) is 0 Å². The molecule has 1 fully saturated rings. The number of aliphatic hydroxyl groups excluding tert-OH is 1.